The van der Waals surface area contributed by atoms with E-state index in [1.807, 2.05) is 60.7 Å². The van der Waals surface area contributed by atoms with Gasteiger partial charge in [-0.05, 0) is 56.7 Å². The zero-order chi connectivity index (χ0) is 20.2. The highest BCUT2D eigenvalue weighted by atomic mass is 16.4. The molecule has 5 aromatic rings. The molecule has 0 N–H and O–H groups in total. The molecule has 0 saturated heterocycles. The molecule has 0 aromatic heterocycles. The number of benzene rings is 5. The van der Waals surface area contributed by atoms with Crippen molar-refractivity contribution in [3.63, 3.8) is 0 Å². The lowest BCUT2D eigenvalue weighted by molar-refractivity contribution is 0.604. The van der Waals surface area contributed by atoms with Crippen LogP contribution in [0.5, 0.6) is 11.5 Å². The minimum Gasteiger partial charge on any atom is -0.559 e. The molecule has 0 aliphatic heterocycles. The van der Waals surface area contributed by atoms with Gasteiger partial charge in [-0.25, -0.2) is 0 Å². The summed E-state index contributed by atoms with van der Waals surface area (Å²) >= 11 is 0. The average molecular weight is 386 g/mol. The van der Waals surface area contributed by atoms with Gasteiger partial charge in [0.2, 0.25) is 0 Å². The molecule has 2 nitrogen and oxygen atoms in total. The van der Waals surface area contributed by atoms with Gasteiger partial charge in [0.15, 0.2) is 0 Å². The Morgan fingerprint density at radius 1 is 0.367 bits per heavy atom. The number of fused-ring (bicyclic) bond motifs is 2. The maximum absolute atomic E-state index is 6.15. The van der Waals surface area contributed by atoms with Crippen molar-refractivity contribution in [3.8, 4) is 11.5 Å². The highest BCUT2D eigenvalue weighted by Crippen LogP contribution is 2.20. The molecule has 0 aliphatic rings. The van der Waals surface area contributed by atoms with Crippen LogP contribution < -0.4 is 20.2 Å². The quantitative estimate of drug-likeness (QED) is 0.323. The van der Waals surface area contributed by atoms with Gasteiger partial charge in [0.05, 0.1) is 11.5 Å². The fourth-order valence-electron chi connectivity index (χ4n) is 3.96. The molecule has 0 spiro atoms. The molecule has 30 heavy (non-hydrogen) atoms. The van der Waals surface area contributed by atoms with Gasteiger partial charge < -0.3 is 9.31 Å². The molecule has 0 aliphatic carbocycles. The lowest BCUT2D eigenvalue weighted by Gasteiger charge is -2.17. The average Bonchev–Trinajstić information content (AvgIpc) is 2.82. The van der Waals surface area contributed by atoms with E-state index in [1.165, 1.54) is 32.5 Å². The first-order valence-corrected chi connectivity index (χ1v) is 10.2. The first-order valence-electron chi connectivity index (χ1n) is 10.2. The Morgan fingerprint density at radius 2 is 0.667 bits per heavy atom. The second-order valence-corrected chi connectivity index (χ2v) is 7.25. The second kappa shape index (κ2) is 8.38. The van der Waals surface area contributed by atoms with Crippen LogP contribution in [0, 0.1) is 0 Å². The van der Waals surface area contributed by atoms with Gasteiger partial charge in [-0.1, -0.05) is 84.9 Å². The van der Waals surface area contributed by atoms with Crippen LogP contribution in [0.3, 0.4) is 0 Å². The molecule has 4 heteroatoms. The smallest absolute Gasteiger partial charge is 0.375 e. The van der Waals surface area contributed by atoms with E-state index in [9.17, 15) is 0 Å². The van der Waals surface area contributed by atoms with E-state index >= 15 is 0 Å². The van der Waals surface area contributed by atoms with E-state index in [1.54, 1.807) is 0 Å². The SMILES string of the molecule is B(Oc1ccccc1)c1c2ccccc2c(BOc2ccccc2)c2ccccc12. The van der Waals surface area contributed by atoms with E-state index in [4.69, 9.17) is 9.31 Å². The second-order valence-electron chi connectivity index (χ2n) is 7.25. The minimum atomic E-state index is 0.519. The molecule has 0 radical (unpaired) electrons. The Kier molecular flexibility index (Phi) is 5.14. The maximum atomic E-state index is 6.15. The maximum Gasteiger partial charge on any atom is 0.375 e. The summed E-state index contributed by atoms with van der Waals surface area (Å²) in [5, 5.41) is 4.83. The van der Waals surface area contributed by atoms with Gasteiger partial charge in [-0.3, -0.25) is 0 Å². The molecule has 0 unspecified atom stereocenters. The van der Waals surface area contributed by atoms with Crippen LogP contribution in [0.25, 0.3) is 21.5 Å². The number of hydrogen-bond acceptors (Lipinski definition) is 2. The topological polar surface area (TPSA) is 18.5 Å². The first-order chi connectivity index (χ1) is 14.9. The highest BCUT2D eigenvalue weighted by Gasteiger charge is 2.17. The van der Waals surface area contributed by atoms with E-state index < -0.39 is 0 Å². The van der Waals surface area contributed by atoms with Crippen LogP contribution in [-0.4, -0.2) is 15.0 Å². The van der Waals surface area contributed by atoms with Gasteiger partial charge in [0, 0.05) is 0 Å². The number of para-hydroxylation sites is 2. The third kappa shape index (κ3) is 3.65. The van der Waals surface area contributed by atoms with Gasteiger partial charge in [0.25, 0.3) is 0 Å². The van der Waals surface area contributed by atoms with Gasteiger partial charge in [-0.15, -0.1) is 0 Å². The molecular weight excluding hydrogens is 366 g/mol. The Balaban J connectivity index is 1.60. The van der Waals surface area contributed by atoms with Crippen molar-refractivity contribution in [3.05, 3.63) is 109 Å². The molecule has 0 bridgehead atoms. The van der Waals surface area contributed by atoms with Crippen LogP contribution in [-0.2, 0) is 0 Å². The van der Waals surface area contributed by atoms with Crippen LogP contribution >= 0.6 is 0 Å². The van der Waals surface area contributed by atoms with Crippen LogP contribution in [0.1, 0.15) is 0 Å². The van der Waals surface area contributed by atoms with Crippen LogP contribution in [0.15, 0.2) is 109 Å². The normalized spacial score (nSPS) is 10.7. The Hall–Kier alpha value is -3.65. The summed E-state index contributed by atoms with van der Waals surface area (Å²) in [6, 6.07) is 37.0. The molecule has 5 rings (SSSR count). The van der Waals surface area contributed by atoms with E-state index in [-0.39, 0.29) is 0 Å². The predicted octanol–water partition coefficient (Wildman–Crippen LogP) is 4.10. The predicted molar refractivity (Wildman–Crippen MR) is 129 cm³/mol. The molecule has 5 aromatic carbocycles. The zero-order valence-corrected chi connectivity index (χ0v) is 16.6. The number of hydrogen-bond donors (Lipinski definition) is 0. The summed E-state index contributed by atoms with van der Waals surface area (Å²) in [5.41, 5.74) is 2.40. The summed E-state index contributed by atoms with van der Waals surface area (Å²) in [4.78, 5) is 0. The van der Waals surface area contributed by atoms with Gasteiger partial charge >= 0.3 is 15.0 Å². The van der Waals surface area contributed by atoms with Crippen molar-refractivity contribution in [2.45, 2.75) is 0 Å². The minimum absolute atomic E-state index is 0.519. The fourth-order valence-corrected chi connectivity index (χ4v) is 3.96. The van der Waals surface area contributed by atoms with Crippen molar-refractivity contribution < 1.29 is 9.31 Å². The molecule has 0 saturated carbocycles. The largest absolute Gasteiger partial charge is 0.559 e. The summed E-state index contributed by atoms with van der Waals surface area (Å²) in [6.45, 7) is 0. The molecule has 0 fully saturated rings. The molecule has 0 amide bonds. The third-order valence-electron chi connectivity index (χ3n) is 5.41. The van der Waals surface area contributed by atoms with Gasteiger partial charge in [0.1, 0.15) is 0 Å². The molecule has 142 valence electrons. The highest BCUT2D eigenvalue weighted by molar-refractivity contribution is 6.63. The summed E-state index contributed by atoms with van der Waals surface area (Å²) in [6.07, 6.45) is 0. The molecular formula is C26H20B2O2. The number of rotatable bonds is 6. The molecule has 0 atom stereocenters. The van der Waals surface area contributed by atoms with Gasteiger partial charge in [-0.2, -0.15) is 0 Å². The monoisotopic (exact) mass is 386 g/mol. The summed E-state index contributed by atoms with van der Waals surface area (Å²) < 4.78 is 12.3. The Labute approximate surface area is 177 Å². The van der Waals surface area contributed by atoms with E-state index in [2.05, 4.69) is 48.5 Å². The van der Waals surface area contributed by atoms with Crippen molar-refractivity contribution >= 4 is 47.4 Å². The lowest BCUT2D eigenvalue weighted by Crippen LogP contribution is -2.29. The lowest BCUT2D eigenvalue weighted by atomic mass is 9.72. The van der Waals surface area contributed by atoms with Crippen molar-refractivity contribution in [2.24, 2.45) is 0 Å². The molecule has 0 heterocycles. The van der Waals surface area contributed by atoms with Crippen molar-refractivity contribution in [1.29, 1.82) is 0 Å². The van der Waals surface area contributed by atoms with Crippen LogP contribution in [0.2, 0.25) is 0 Å². The fraction of sp³-hybridized carbons (Fsp3) is 0. The standard InChI is InChI=1S/C26H20B2O2/c1-3-11-19(12-4-1)29-27-25-21-15-7-9-17-23(21)26(24-18-10-8-16-22(24)25)28-30-20-13-5-2-6-14-20/h1-18,27-28H. The van der Waals surface area contributed by atoms with Crippen molar-refractivity contribution in [1.82, 2.24) is 0 Å². The third-order valence-corrected chi connectivity index (χ3v) is 5.41. The zero-order valence-electron chi connectivity index (χ0n) is 16.6. The summed E-state index contributed by atoms with van der Waals surface area (Å²) in [5.74, 6) is 1.75. The van der Waals surface area contributed by atoms with Crippen LogP contribution in [0.4, 0.5) is 0 Å². The Bertz CT molecular complexity index is 1130. The van der Waals surface area contributed by atoms with E-state index in [0.717, 1.165) is 11.5 Å². The van der Waals surface area contributed by atoms with Crippen molar-refractivity contribution in [2.75, 3.05) is 0 Å². The first kappa shape index (κ1) is 18.4. The van der Waals surface area contributed by atoms with E-state index in [0.29, 0.717) is 15.0 Å². The summed E-state index contributed by atoms with van der Waals surface area (Å²) in [7, 11) is 1.04. The Morgan fingerprint density at radius 3 is 1.00 bits per heavy atom.